The van der Waals surface area contributed by atoms with E-state index in [1.165, 1.54) is 24.2 Å². The van der Waals surface area contributed by atoms with E-state index in [0.29, 0.717) is 0 Å². The molecule has 0 radical (unpaired) electrons. The Morgan fingerprint density at radius 2 is 2.14 bits per heavy atom. The summed E-state index contributed by atoms with van der Waals surface area (Å²) in [5, 5.41) is 0. The van der Waals surface area contributed by atoms with E-state index >= 15 is 0 Å². The molecule has 2 rings (SSSR count). The molecule has 0 saturated carbocycles. The zero-order chi connectivity index (χ0) is 10.0. The molecule has 0 saturated heterocycles. The van der Waals surface area contributed by atoms with Gasteiger partial charge in [-0.2, -0.15) is 0 Å². The normalized spacial score (nSPS) is 25.6. The van der Waals surface area contributed by atoms with E-state index in [4.69, 9.17) is 0 Å². The van der Waals surface area contributed by atoms with E-state index in [2.05, 4.69) is 50.4 Å². The van der Waals surface area contributed by atoms with Gasteiger partial charge in [0.1, 0.15) is 12.2 Å². The first-order valence-corrected chi connectivity index (χ1v) is 5.30. The molecular formula is C13H18N+. The molecule has 0 fully saturated rings. The van der Waals surface area contributed by atoms with Crippen molar-refractivity contribution in [1.29, 1.82) is 0 Å². The van der Waals surface area contributed by atoms with Gasteiger partial charge < -0.3 is 0 Å². The molecule has 0 spiro atoms. The summed E-state index contributed by atoms with van der Waals surface area (Å²) in [6.07, 6.45) is 5.64. The molecular weight excluding hydrogens is 170 g/mol. The number of para-hydroxylation sites is 1. The Labute approximate surface area is 86.3 Å². The van der Waals surface area contributed by atoms with Crippen LogP contribution in [0, 0.1) is 0 Å². The van der Waals surface area contributed by atoms with Crippen LogP contribution in [0.1, 0.15) is 12.5 Å². The highest BCUT2D eigenvalue weighted by Crippen LogP contribution is 2.32. The second-order valence-corrected chi connectivity index (χ2v) is 4.25. The van der Waals surface area contributed by atoms with Crippen molar-refractivity contribution < 1.29 is 0 Å². The van der Waals surface area contributed by atoms with Crippen LogP contribution in [-0.4, -0.2) is 20.1 Å². The number of hydrogen-bond donors (Lipinski definition) is 0. The van der Waals surface area contributed by atoms with Crippen molar-refractivity contribution in [3.05, 3.63) is 42.0 Å². The van der Waals surface area contributed by atoms with Gasteiger partial charge in [-0.05, 0) is 19.1 Å². The number of fused-ring (bicyclic) bond motifs is 1. The van der Waals surface area contributed by atoms with E-state index in [1.54, 1.807) is 0 Å². The number of nitrogens with zero attached hydrogens (tertiary/aromatic N) is 1. The van der Waals surface area contributed by atoms with Gasteiger partial charge >= 0.3 is 0 Å². The average Bonchev–Trinajstić information content (AvgIpc) is 2.55. The number of hydrogen-bond acceptors (Lipinski definition) is 0. The number of likely N-dealkylation sites (N-methyl/N-ethyl adjacent to an activating group) is 1. The van der Waals surface area contributed by atoms with E-state index in [0.717, 1.165) is 11.0 Å². The van der Waals surface area contributed by atoms with Crippen molar-refractivity contribution in [2.45, 2.75) is 13.3 Å². The lowest BCUT2D eigenvalue weighted by molar-refractivity contribution is 0.394. The maximum absolute atomic E-state index is 2.33. The van der Waals surface area contributed by atoms with Crippen LogP contribution < -0.4 is 4.48 Å². The summed E-state index contributed by atoms with van der Waals surface area (Å²) in [5.74, 6) is 0. The third-order valence-corrected chi connectivity index (χ3v) is 3.19. The molecule has 1 aromatic carbocycles. The maximum atomic E-state index is 2.33. The quantitative estimate of drug-likeness (QED) is 0.494. The molecule has 1 atom stereocenters. The lowest BCUT2D eigenvalue weighted by Gasteiger charge is -2.28. The summed E-state index contributed by atoms with van der Waals surface area (Å²) in [4.78, 5) is 0. The molecule has 14 heavy (non-hydrogen) atoms. The monoisotopic (exact) mass is 188 g/mol. The van der Waals surface area contributed by atoms with Crippen molar-refractivity contribution in [2.24, 2.45) is 0 Å². The Morgan fingerprint density at radius 1 is 1.36 bits per heavy atom. The lowest BCUT2D eigenvalue weighted by Crippen LogP contribution is -2.43. The molecule has 1 aliphatic rings. The van der Waals surface area contributed by atoms with Gasteiger partial charge in [-0.1, -0.05) is 24.3 Å². The molecule has 0 aliphatic carbocycles. The fourth-order valence-corrected chi connectivity index (χ4v) is 2.26. The van der Waals surface area contributed by atoms with Crippen LogP contribution in [0.3, 0.4) is 0 Å². The third kappa shape index (κ3) is 1.48. The molecule has 1 aromatic rings. The Balaban J connectivity index is 2.32. The SMILES string of the molecule is CC=CC[N+]1(C)CCc2ccccc21. The molecule has 74 valence electrons. The second kappa shape index (κ2) is 3.58. The highest BCUT2D eigenvalue weighted by atomic mass is 15.3. The fourth-order valence-electron chi connectivity index (χ4n) is 2.26. The highest BCUT2D eigenvalue weighted by molar-refractivity contribution is 5.54. The summed E-state index contributed by atoms with van der Waals surface area (Å²) in [7, 11) is 2.33. The van der Waals surface area contributed by atoms with Crippen LogP contribution >= 0.6 is 0 Å². The van der Waals surface area contributed by atoms with Crippen LogP contribution in [-0.2, 0) is 6.42 Å². The Hall–Kier alpha value is -1.08. The summed E-state index contributed by atoms with van der Waals surface area (Å²) in [6, 6.07) is 8.82. The average molecular weight is 188 g/mol. The number of quaternary nitrogens is 1. The predicted octanol–water partition coefficient (Wildman–Crippen LogP) is 2.76. The van der Waals surface area contributed by atoms with E-state index in [-0.39, 0.29) is 0 Å². The first kappa shape index (κ1) is 9.47. The summed E-state index contributed by atoms with van der Waals surface area (Å²) in [6.45, 7) is 4.45. The molecule has 1 unspecified atom stereocenters. The first-order chi connectivity index (χ1) is 6.76. The Morgan fingerprint density at radius 3 is 2.93 bits per heavy atom. The van der Waals surface area contributed by atoms with Gasteiger partial charge in [-0.25, -0.2) is 0 Å². The van der Waals surface area contributed by atoms with Crippen molar-refractivity contribution in [3.63, 3.8) is 0 Å². The van der Waals surface area contributed by atoms with Crippen LogP contribution in [0.5, 0.6) is 0 Å². The minimum atomic E-state index is 1.07. The van der Waals surface area contributed by atoms with Crippen LogP contribution in [0.2, 0.25) is 0 Å². The van der Waals surface area contributed by atoms with Gasteiger partial charge in [-0.3, -0.25) is 4.48 Å². The zero-order valence-corrected chi connectivity index (χ0v) is 9.03. The van der Waals surface area contributed by atoms with Gasteiger partial charge in [0.15, 0.2) is 0 Å². The molecule has 1 aliphatic heterocycles. The van der Waals surface area contributed by atoms with Crippen LogP contribution in [0.25, 0.3) is 0 Å². The first-order valence-electron chi connectivity index (χ1n) is 5.30. The summed E-state index contributed by atoms with van der Waals surface area (Å²) >= 11 is 0. The minimum Gasteiger partial charge on any atom is -0.290 e. The van der Waals surface area contributed by atoms with E-state index < -0.39 is 0 Å². The van der Waals surface area contributed by atoms with Gasteiger partial charge in [0.2, 0.25) is 0 Å². The highest BCUT2D eigenvalue weighted by Gasteiger charge is 2.32. The molecule has 0 bridgehead atoms. The van der Waals surface area contributed by atoms with Crippen LogP contribution in [0.4, 0.5) is 5.69 Å². The van der Waals surface area contributed by atoms with Crippen LogP contribution in [0.15, 0.2) is 36.4 Å². The zero-order valence-electron chi connectivity index (χ0n) is 9.03. The molecule has 1 heteroatoms. The molecule has 0 N–H and O–H groups in total. The standard InChI is InChI=1S/C13H18N/c1-3-4-10-14(2)11-9-12-7-5-6-8-13(12)14/h3-8H,9-11H2,1-2H3/q+1. The number of benzene rings is 1. The lowest BCUT2D eigenvalue weighted by atomic mass is 10.2. The molecule has 1 nitrogen and oxygen atoms in total. The molecule has 0 aromatic heterocycles. The second-order valence-electron chi connectivity index (χ2n) is 4.25. The fraction of sp³-hybridized carbons (Fsp3) is 0.385. The maximum Gasteiger partial charge on any atom is 0.136 e. The Bertz CT molecular complexity index is 354. The van der Waals surface area contributed by atoms with E-state index in [1.807, 2.05) is 0 Å². The predicted molar refractivity (Wildman–Crippen MR) is 62.4 cm³/mol. The van der Waals surface area contributed by atoms with Gasteiger partial charge in [0, 0.05) is 12.0 Å². The molecule has 0 amide bonds. The third-order valence-electron chi connectivity index (χ3n) is 3.19. The molecule has 1 heterocycles. The smallest absolute Gasteiger partial charge is 0.136 e. The van der Waals surface area contributed by atoms with Crippen molar-refractivity contribution in [3.8, 4) is 0 Å². The van der Waals surface area contributed by atoms with Crippen molar-refractivity contribution >= 4 is 5.69 Å². The summed E-state index contributed by atoms with van der Waals surface area (Å²) in [5.41, 5.74) is 3.03. The van der Waals surface area contributed by atoms with Gasteiger partial charge in [-0.15, -0.1) is 0 Å². The van der Waals surface area contributed by atoms with E-state index in [9.17, 15) is 0 Å². The van der Waals surface area contributed by atoms with Gasteiger partial charge in [0.05, 0.1) is 13.6 Å². The largest absolute Gasteiger partial charge is 0.290 e. The number of allylic oxidation sites excluding steroid dienone is 1. The van der Waals surface area contributed by atoms with Gasteiger partial charge in [0.25, 0.3) is 0 Å². The minimum absolute atomic E-state index is 1.07. The van der Waals surface area contributed by atoms with Crippen molar-refractivity contribution in [1.82, 2.24) is 4.48 Å². The number of rotatable bonds is 2. The Kier molecular flexibility index (Phi) is 2.42. The van der Waals surface area contributed by atoms with Crippen molar-refractivity contribution in [2.75, 3.05) is 20.1 Å². The summed E-state index contributed by atoms with van der Waals surface area (Å²) < 4.78 is 1.07. The topological polar surface area (TPSA) is 0 Å².